The summed E-state index contributed by atoms with van der Waals surface area (Å²) >= 11 is 5.27. The van der Waals surface area contributed by atoms with Crippen molar-refractivity contribution in [3.05, 3.63) is 44.7 Å². The molecule has 1 atom stereocenters. The molecule has 0 aliphatic heterocycles. The molecule has 0 aromatic carbocycles. The molecular weight excluding hydrogens is 312 g/mol. The van der Waals surface area contributed by atoms with Crippen LogP contribution in [0.1, 0.15) is 24.1 Å². The van der Waals surface area contributed by atoms with Crippen LogP contribution in [0.5, 0.6) is 5.88 Å². The number of pyridine rings is 1. The Balaban J connectivity index is 2.45. The third-order valence-corrected chi connectivity index (χ3v) is 4.42. The fraction of sp³-hybridized carbons (Fsp3) is 0.308. The number of ether oxygens (including phenoxy) is 1. The van der Waals surface area contributed by atoms with Gasteiger partial charge in [-0.25, -0.2) is 4.98 Å². The van der Waals surface area contributed by atoms with Crippen LogP contribution >= 0.6 is 27.3 Å². The monoisotopic (exact) mass is 326 g/mol. The van der Waals surface area contributed by atoms with Gasteiger partial charge in [-0.15, -0.1) is 0 Å². The van der Waals surface area contributed by atoms with Crippen LogP contribution in [0.4, 0.5) is 0 Å². The Morgan fingerprint density at radius 2 is 2.28 bits per heavy atom. The maximum Gasteiger partial charge on any atom is 0.218 e. The van der Waals surface area contributed by atoms with E-state index in [2.05, 4.69) is 43.9 Å². The number of aromatic nitrogens is 1. The van der Waals surface area contributed by atoms with Gasteiger partial charge in [0.25, 0.3) is 0 Å². The molecule has 0 saturated carbocycles. The van der Waals surface area contributed by atoms with Gasteiger partial charge in [-0.2, -0.15) is 11.3 Å². The minimum absolute atomic E-state index is 0.0966. The molecule has 18 heavy (non-hydrogen) atoms. The minimum Gasteiger partial charge on any atom is -0.481 e. The number of hydrogen-bond donors (Lipinski definition) is 1. The first-order valence-corrected chi connectivity index (χ1v) is 7.45. The van der Waals surface area contributed by atoms with Crippen molar-refractivity contribution in [2.24, 2.45) is 0 Å². The highest BCUT2D eigenvalue weighted by atomic mass is 79.9. The van der Waals surface area contributed by atoms with Gasteiger partial charge in [0.15, 0.2) is 0 Å². The smallest absolute Gasteiger partial charge is 0.218 e. The second-order valence-corrected chi connectivity index (χ2v) is 5.37. The van der Waals surface area contributed by atoms with Gasteiger partial charge in [0.1, 0.15) is 0 Å². The Hall–Kier alpha value is -0.910. The second kappa shape index (κ2) is 6.31. The minimum atomic E-state index is 0.0966. The number of hydrogen-bond acceptors (Lipinski definition) is 4. The lowest BCUT2D eigenvalue weighted by molar-refractivity contribution is 0.387. The zero-order chi connectivity index (χ0) is 13.0. The molecule has 1 N–H and O–H groups in total. The molecule has 0 aliphatic rings. The lowest BCUT2D eigenvalue weighted by atomic mass is 10.0. The summed E-state index contributed by atoms with van der Waals surface area (Å²) in [4.78, 5) is 4.27. The highest BCUT2D eigenvalue weighted by Gasteiger charge is 2.20. The molecule has 2 aromatic rings. The summed E-state index contributed by atoms with van der Waals surface area (Å²) in [5.41, 5.74) is 2.27. The predicted molar refractivity (Wildman–Crippen MR) is 78.3 cm³/mol. The molecule has 3 nitrogen and oxygen atoms in total. The van der Waals surface area contributed by atoms with E-state index >= 15 is 0 Å². The van der Waals surface area contributed by atoms with Gasteiger partial charge in [0.05, 0.1) is 13.2 Å². The van der Waals surface area contributed by atoms with Gasteiger partial charge in [0, 0.05) is 21.6 Å². The molecule has 2 aromatic heterocycles. The van der Waals surface area contributed by atoms with E-state index < -0.39 is 0 Å². The molecule has 0 amide bonds. The zero-order valence-electron chi connectivity index (χ0n) is 10.3. The molecule has 0 spiro atoms. The topological polar surface area (TPSA) is 34.2 Å². The van der Waals surface area contributed by atoms with Gasteiger partial charge < -0.3 is 10.1 Å². The van der Waals surface area contributed by atoms with Crippen LogP contribution in [0.15, 0.2) is 33.6 Å². The second-order valence-electron chi connectivity index (χ2n) is 3.77. The molecular formula is C13H15BrN2OS. The van der Waals surface area contributed by atoms with Crippen LogP contribution in [0, 0.1) is 0 Å². The number of methoxy groups -OCH3 is 1. The number of nitrogens with zero attached hydrogens (tertiary/aromatic N) is 1. The largest absolute Gasteiger partial charge is 0.481 e. The van der Waals surface area contributed by atoms with Crippen molar-refractivity contribution in [1.29, 1.82) is 0 Å². The Morgan fingerprint density at radius 3 is 2.89 bits per heavy atom. The van der Waals surface area contributed by atoms with Crippen molar-refractivity contribution in [2.45, 2.75) is 13.0 Å². The quantitative estimate of drug-likeness (QED) is 0.911. The molecule has 2 rings (SSSR count). The van der Waals surface area contributed by atoms with Crippen molar-refractivity contribution < 1.29 is 4.74 Å². The fourth-order valence-electron chi connectivity index (χ4n) is 1.88. The molecule has 0 saturated heterocycles. The van der Waals surface area contributed by atoms with E-state index in [-0.39, 0.29) is 6.04 Å². The third-order valence-electron chi connectivity index (χ3n) is 2.67. The van der Waals surface area contributed by atoms with E-state index in [4.69, 9.17) is 4.74 Å². The standard InChI is InChI=1S/C13H15BrN2OS/c1-3-15-12(10-7-18-8-11(10)14)9-5-4-6-16-13(9)17-2/h4-8,12,15H,3H2,1-2H3. The summed E-state index contributed by atoms with van der Waals surface area (Å²) in [6.45, 7) is 2.97. The maximum atomic E-state index is 5.35. The summed E-state index contributed by atoms with van der Waals surface area (Å²) in [6, 6.07) is 4.07. The highest BCUT2D eigenvalue weighted by molar-refractivity contribution is 9.10. The maximum absolute atomic E-state index is 5.35. The first-order valence-electron chi connectivity index (χ1n) is 5.71. The van der Waals surface area contributed by atoms with Gasteiger partial charge >= 0.3 is 0 Å². The molecule has 5 heteroatoms. The highest BCUT2D eigenvalue weighted by Crippen LogP contribution is 2.34. The molecule has 0 aliphatic carbocycles. The third kappa shape index (κ3) is 2.74. The van der Waals surface area contributed by atoms with E-state index in [0.717, 1.165) is 16.6 Å². The first kappa shape index (κ1) is 13.5. The predicted octanol–water partition coefficient (Wildman–Crippen LogP) is 3.61. The number of halogens is 1. The van der Waals surface area contributed by atoms with E-state index in [0.29, 0.717) is 5.88 Å². The summed E-state index contributed by atoms with van der Waals surface area (Å²) in [5, 5.41) is 7.70. The Bertz CT molecular complexity index is 515. The molecule has 0 fully saturated rings. The van der Waals surface area contributed by atoms with Crippen molar-refractivity contribution >= 4 is 27.3 Å². The molecule has 0 bridgehead atoms. The van der Waals surface area contributed by atoms with Gasteiger partial charge in [-0.3, -0.25) is 0 Å². The normalized spacial score (nSPS) is 12.4. The SMILES string of the molecule is CCNC(c1cscc1Br)c1cccnc1OC. The van der Waals surface area contributed by atoms with Gasteiger partial charge in [-0.05, 0) is 39.5 Å². The van der Waals surface area contributed by atoms with Crippen LogP contribution in [-0.4, -0.2) is 18.6 Å². The fourth-order valence-corrected chi connectivity index (χ4v) is 3.43. The molecule has 2 heterocycles. The van der Waals surface area contributed by atoms with Gasteiger partial charge in [-0.1, -0.05) is 13.0 Å². The Kier molecular flexibility index (Phi) is 4.74. The van der Waals surface area contributed by atoms with Crippen LogP contribution < -0.4 is 10.1 Å². The average molecular weight is 327 g/mol. The number of thiophene rings is 1. The van der Waals surface area contributed by atoms with Crippen molar-refractivity contribution in [2.75, 3.05) is 13.7 Å². The molecule has 1 unspecified atom stereocenters. The summed E-state index contributed by atoms with van der Waals surface area (Å²) in [5.74, 6) is 0.668. The Morgan fingerprint density at radius 1 is 1.44 bits per heavy atom. The summed E-state index contributed by atoms with van der Waals surface area (Å²) in [7, 11) is 1.65. The van der Waals surface area contributed by atoms with Gasteiger partial charge in [0.2, 0.25) is 5.88 Å². The molecule has 96 valence electrons. The van der Waals surface area contributed by atoms with Crippen LogP contribution in [0.25, 0.3) is 0 Å². The van der Waals surface area contributed by atoms with E-state index in [9.17, 15) is 0 Å². The van der Waals surface area contributed by atoms with E-state index in [1.165, 1.54) is 5.56 Å². The number of rotatable bonds is 5. The van der Waals surface area contributed by atoms with E-state index in [1.54, 1.807) is 24.6 Å². The lowest BCUT2D eigenvalue weighted by Crippen LogP contribution is -2.22. The van der Waals surface area contributed by atoms with Crippen molar-refractivity contribution in [3.8, 4) is 5.88 Å². The first-order chi connectivity index (χ1) is 8.77. The average Bonchev–Trinajstić information content (AvgIpc) is 2.82. The Labute approximate surface area is 119 Å². The van der Waals surface area contributed by atoms with Crippen molar-refractivity contribution in [3.63, 3.8) is 0 Å². The molecule has 0 radical (unpaired) electrons. The number of nitrogens with one attached hydrogen (secondary N) is 1. The van der Waals surface area contributed by atoms with Crippen LogP contribution in [0.3, 0.4) is 0 Å². The lowest BCUT2D eigenvalue weighted by Gasteiger charge is -2.19. The summed E-state index contributed by atoms with van der Waals surface area (Å²) in [6.07, 6.45) is 1.74. The van der Waals surface area contributed by atoms with Crippen molar-refractivity contribution in [1.82, 2.24) is 10.3 Å². The van der Waals surface area contributed by atoms with Crippen LogP contribution in [0.2, 0.25) is 0 Å². The zero-order valence-corrected chi connectivity index (χ0v) is 12.7. The summed E-state index contributed by atoms with van der Waals surface area (Å²) < 4.78 is 6.46. The van der Waals surface area contributed by atoms with E-state index in [1.807, 2.05) is 12.1 Å². The van der Waals surface area contributed by atoms with Crippen LogP contribution in [-0.2, 0) is 0 Å².